The van der Waals surface area contributed by atoms with E-state index < -0.39 is 0 Å². The Morgan fingerprint density at radius 1 is 1.80 bits per heavy atom. The lowest BCUT2D eigenvalue weighted by atomic mass is 10.2. The summed E-state index contributed by atoms with van der Waals surface area (Å²) in [5, 5.41) is 6.92. The van der Waals surface area contributed by atoms with Crippen LogP contribution in [0.2, 0.25) is 0 Å². The van der Waals surface area contributed by atoms with E-state index in [4.69, 9.17) is 5.73 Å². The monoisotopic (exact) mass is 139 g/mol. The molecule has 0 radical (unpaired) electrons. The standard InChI is InChI=1S/C7H13N3/c1-5(8)3-7-4-6(2)9-10-7/h4-5H,3,8H2,1-2H3,(H,9,10)/t5-/m1/s1. The van der Waals surface area contributed by atoms with Crippen LogP contribution in [-0.2, 0) is 6.42 Å². The van der Waals surface area contributed by atoms with E-state index in [1.165, 1.54) is 0 Å². The van der Waals surface area contributed by atoms with Gasteiger partial charge in [0.2, 0.25) is 0 Å². The third kappa shape index (κ3) is 1.84. The number of nitrogens with one attached hydrogen (secondary N) is 1. The van der Waals surface area contributed by atoms with Crippen molar-refractivity contribution in [3.8, 4) is 0 Å². The van der Waals surface area contributed by atoms with Gasteiger partial charge in [-0.2, -0.15) is 5.10 Å². The Morgan fingerprint density at radius 3 is 2.90 bits per heavy atom. The van der Waals surface area contributed by atoms with Crippen molar-refractivity contribution >= 4 is 0 Å². The van der Waals surface area contributed by atoms with Gasteiger partial charge in [0.15, 0.2) is 0 Å². The van der Waals surface area contributed by atoms with Crippen LogP contribution in [-0.4, -0.2) is 16.2 Å². The van der Waals surface area contributed by atoms with Gasteiger partial charge in [0.25, 0.3) is 0 Å². The molecule has 1 atom stereocenters. The number of nitrogens with zero attached hydrogens (tertiary/aromatic N) is 1. The van der Waals surface area contributed by atoms with Crippen molar-refractivity contribution in [2.24, 2.45) is 5.73 Å². The third-order valence-electron chi connectivity index (χ3n) is 1.29. The molecule has 3 nitrogen and oxygen atoms in total. The van der Waals surface area contributed by atoms with Crippen molar-refractivity contribution < 1.29 is 0 Å². The van der Waals surface area contributed by atoms with Crippen molar-refractivity contribution in [3.63, 3.8) is 0 Å². The molecule has 3 N–H and O–H groups in total. The SMILES string of the molecule is Cc1cc(C[C@@H](C)N)n[nH]1. The highest BCUT2D eigenvalue weighted by Crippen LogP contribution is 1.99. The number of rotatable bonds is 2. The number of hydrogen-bond acceptors (Lipinski definition) is 2. The van der Waals surface area contributed by atoms with Crippen LogP contribution in [0.1, 0.15) is 18.3 Å². The summed E-state index contributed by atoms with van der Waals surface area (Å²) in [5.74, 6) is 0. The van der Waals surface area contributed by atoms with E-state index in [-0.39, 0.29) is 6.04 Å². The molecule has 0 fully saturated rings. The van der Waals surface area contributed by atoms with E-state index in [2.05, 4.69) is 10.2 Å². The average molecular weight is 139 g/mol. The summed E-state index contributed by atoms with van der Waals surface area (Å²) >= 11 is 0. The van der Waals surface area contributed by atoms with Crippen molar-refractivity contribution in [2.45, 2.75) is 26.3 Å². The molecule has 1 aromatic rings. The van der Waals surface area contributed by atoms with Crippen LogP contribution in [0, 0.1) is 6.92 Å². The molecule has 0 unspecified atom stereocenters. The molecule has 56 valence electrons. The van der Waals surface area contributed by atoms with Crippen LogP contribution in [0.3, 0.4) is 0 Å². The second-order valence-electron chi connectivity index (χ2n) is 2.72. The molecule has 0 aliphatic rings. The van der Waals surface area contributed by atoms with E-state index in [9.17, 15) is 0 Å². The molecule has 0 spiro atoms. The molecule has 1 aromatic heterocycles. The van der Waals surface area contributed by atoms with E-state index in [0.717, 1.165) is 17.8 Å². The summed E-state index contributed by atoms with van der Waals surface area (Å²) in [6, 6.07) is 2.21. The molecular weight excluding hydrogens is 126 g/mol. The predicted octanol–water partition coefficient (Wildman–Crippen LogP) is 0.608. The molecule has 0 saturated heterocycles. The molecule has 0 aromatic carbocycles. The minimum absolute atomic E-state index is 0.197. The van der Waals surface area contributed by atoms with Gasteiger partial charge < -0.3 is 5.73 Å². The first-order chi connectivity index (χ1) is 4.68. The van der Waals surface area contributed by atoms with Gasteiger partial charge >= 0.3 is 0 Å². The zero-order valence-electron chi connectivity index (χ0n) is 6.39. The fraction of sp³-hybridized carbons (Fsp3) is 0.571. The third-order valence-corrected chi connectivity index (χ3v) is 1.29. The van der Waals surface area contributed by atoms with Crippen molar-refractivity contribution in [1.29, 1.82) is 0 Å². The number of aromatic amines is 1. The van der Waals surface area contributed by atoms with Gasteiger partial charge in [0, 0.05) is 18.2 Å². The van der Waals surface area contributed by atoms with Crippen molar-refractivity contribution in [1.82, 2.24) is 10.2 Å². The van der Waals surface area contributed by atoms with Crippen LogP contribution in [0.4, 0.5) is 0 Å². The molecule has 1 rings (SSSR count). The summed E-state index contributed by atoms with van der Waals surface area (Å²) in [4.78, 5) is 0. The number of H-pyrrole nitrogens is 1. The highest BCUT2D eigenvalue weighted by molar-refractivity contribution is 5.07. The minimum Gasteiger partial charge on any atom is -0.328 e. The van der Waals surface area contributed by atoms with Crippen molar-refractivity contribution in [3.05, 3.63) is 17.5 Å². The van der Waals surface area contributed by atoms with Gasteiger partial charge in [-0.1, -0.05) is 0 Å². The summed E-state index contributed by atoms with van der Waals surface area (Å²) in [6.07, 6.45) is 0.852. The second-order valence-corrected chi connectivity index (χ2v) is 2.72. The lowest BCUT2D eigenvalue weighted by Crippen LogP contribution is -2.17. The number of nitrogens with two attached hydrogens (primary N) is 1. The Labute approximate surface area is 60.6 Å². The topological polar surface area (TPSA) is 54.7 Å². The molecule has 1 heterocycles. The smallest absolute Gasteiger partial charge is 0.0640 e. The summed E-state index contributed by atoms with van der Waals surface area (Å²) in [5.41, 5.74) is 7.72. The number of aryl methyl sites for hydroxylation is 1. The maximum atomic E-state index is 5.58. The van der Waals surface area contributed by atoms with Gasteiger partial charge in [-0.05, 0) is 19.9 Å². The Kier molecular flexibility index (Phi) is 2.06. The van der Waals surface area contributed by atoms with Crippen LogP contribution < -0.4 is 5.73 Å². The maximum absolute atomic E-state index is 5.58. The Hall–Kier alpha value is -0.830. The predicted molar refractivity (Wildman–Crippen MR) is 40.7 cm³/mol. The second kappa shape index (κ2) is 2.84. The summed E-state index contributed by atoms with van der Waals surface area (Å²) in [6.45, 7) is 3.96. The fourth-order valence-electron chi connectivity index (χ4n) is 0.909. The maximum Gasteiger partial charge on any atom is 0.0640 e. The van der Waals surface area contributed by atoms with Gasteiger partial charge in [-0.25, -0.2) is 0 Å². The van der Waals surface area contributed by atoms with Crippen LogP contribution >= 0.6 is 0 Å². The zero-order valence-corrected chi connectivity index (χ0v) is 6.39. The van der Waals surface area contributed by atoms with Gasteiger partial charge in [0.1, 0.15) is 0 Å². The van der Waals surface area contributed by atoms with Gasteiger partial charge in [-0.15, -0.1) is 0 Å². The molecule has 0 bridgehead atoms. The van der Waals surface area contributed by atoms with E-state index in [1.54, 1.807) is 0 Å². The highest BCUT2D eigenvalue weighted by atomic mass is 15.1. The Bertz CT molecular complexity index is 202. The lowest BCUT2D eigenvalue weighted by Gasteiger charge is -1.98. The van der Waals surface area contributed by atoms with Gasteiger partial charge in [-0.3, -0.25) is 5.10 Å². The highest BCUT2D eigenvalue weighted by Gasteiger charge is 1.99. The summed E-state index contributed by atoms with van der Waals surface area (Å²) < 4.78 is 0. The summed E-state index contributed by atoms with van der Waals surface area (Å²) in [7, 11) is 0. The first kappa shape index (κ1) is 7.28. The zero-order chi connectivity index (χ0) is 7.56. The lowest BCUT2D eigenvalue weighted by molar-refractivity contribution is 0.719. The van der Waals surface area contributed by atoms with E-state index >= 15 is 0 Å². The molecular formula is C7H13N3. The van der Waals surface area contributed by atoms with Crippen LogP contribution in [0.15, 0.2) is 6.07 Å². The molecule has 0 aliphatic heterocycles. The largest absolute Gasteiger partial charge is 0.328 e. The van der Waals surface area contributed by atoms with Crippen LogP contribution in [0.5, 0.6) is 0 Å². The van der Waals surface area contributed by atoms with Gasteiger partial charge in [0.05, 0.1) is 5.69 Å². The molecule has 0 amide bonds. The van der Waals surface area contributed by atoms with Crippen LogP contribution in [0.25, 0.3) is 0 Å². The first-order valence-electron chi connectivity index (χ1n) is 3.45. The quantitative estimate of drug-likeness (QED) is 0.630. The Balaban J connectivity index is 2.58. The number of aromatic nitrogens is 2. The Morgan fingerprint density at radius 2 is 2.50 bits per heavy atom. The van der Waals surface area contributed by atoms with E-state index in [0.29, 0.717) is 0 Å². The van der Waals surface area contributed by atoms with E-state index in [1.807, 2.05) is 19.9 Å². The average Bonchev–Trinajstić information content (AvgIpc) is 2.13. The molecule has 10 heavy (non-hydrogen) atoms. The van der Waals surface area contributed by atoms with Crippen molar-refractivity contribution in [2.75, 3.05) is 0 Å². The molecule has 3 heteroatoms. The molecule has 0 saturated carbocycles. The minimum atomic E-state index is 0.197. The normalized spacial score (nSPS) is 13.5. The fourth-order valence-corrected chi connectivity index (χ4v) is 0.909. The number of hydrogen-bond donors (Lipinski definition) is 2. The first-order valence-corrected chi connectivity index (χ1v) is 3.45. The molecule has 0 aliphatic carbocycles.